The Morgan fingerprint density at radius 3 is 2.40 bits per heavy atom. The van der Waals surface area contributed by atoms with E-state index in [-0.39, 0.29) is 17.9 Å². The number of nitrogens with two attached hydrogens (primary N) is 1. The number of halogens is 1. The Labute approximate surface area is 126 Å². The average Bonchev–Trinajstić information content (AvgIpc) is 2.46. The quantitative estimate of drug-likeness (QED) is 0.794. The third-order valence-electron chi connectivity index (χ3n) is 3.96. The van der Waals surface area contributed by atoms with Gasteiger partial charge in [0.25, 0.3) is 0 Å². The molecule has 0 saturated heterocycles. The van der Waals surface area contributed by atoms with Crippen molar-refractivity contribution in [2.75, 3.05) is 19.1 Å². The van der Waals surface area contributed by atoms with Gasteiger partial charge in [0.1, 0.15) is 5.82 Å². The largest absolute Gasteiger partial charge is 0.326 e. The van der Waals surface area contributed by atoms with Crippen molar-refractivity contribution in [2.45, 2.75) is 44.8 Å². The topological polar surface area (TPSA) is 29.3 Å². The Morgan fingerprint density at radius 1 is 1.30 bits per heavy atom. The van der Waals surface area contributed by atoms with Crippen LogP contribution in [0.15, 0.2) is 24.3 Å². The number of nitrogens with zero attached hydrogens (tertiary/aromatic N) is 1. The molecule has 3 unspecified atom stereocenters. The molecule has 3 atom stereocenters. The van der Waals surface area contributed by atoms with Gasteiger partial charge in [0, 0.05) is 18.1 Å². The van der Waals surface area contributed by atoms with E-state index in [2.05, 4.69) is 32.1 Å². The van der Waals surface area contributed by atoms with Crippen LogP contribution in [0.3, 0.4) is 0 Å². The molecule has 0 saturated carbocycles. The predicted octanol–water partition coefficient (Wildman–Crippen LogP) is 3.68. The van der Waals surface area contributed by atoms with Crippen molar-refractivity contribution >= 4 is 11.8 Å². The first-order valence-electron chi connectivity index (χ1n) is 7.23. The molecule has 0 aliphatic carbocycles. The summed E-state index contributed by atoms with van der Waals surface area (Å²) in [4.78, 5) is 2.33. The molecule has 20 heavy (non-hydrogen) atoms. The Morgan fingerprint density at radius 2 is 1.90 bits per heavy atom. The Kier molecular flexibility index (Phi) is 7.56. The summed E-state index contributed by atoms with van der Waals surface area (Å²) < 4.78 is 13.1. The summed E-state index contributed by atoms with van der Waals surface area (Å²) in [5.41, 5.74) is 7.41. The monoisotopic (exact) mass is 298 g/mol. The van der Waals surface area contributed by atoms with Crippen LogP contribution in [0.25, 0.3) is 0 Å². The summed E-state index contributed by atoms with van der Waals surface area (Å²) in [7, 11) is 2.12. The van der Waals surface area contributed by atoms with Gasteiger partial charge < -0.3 is 5.73 Å². The molecule has 2 nitrogen and oxygen atoms in total. The molecule has 4 heteroatoms. The van der Waals surface area contributed by atoms with Crippen LogP contribution in [0, 0.1) is 5.82 Å². The van der Waals surface area contributed by atoms with E-state index < -0.39 is 0 Å². The molecule has 0 radical (unpaired) electrons. The first-order valence-corrected chi connectivity index (χ1v) is 8.62. The smallest absolute Gasteiger partial charge is 0.123 e. The number of likely N-dealkylation sites (N-methyl/N-ethyl adjacent to an activating group) is 1. The van der Waals surface area contributed by atoms with E-state index in [0.717, 1.165) is 24.2 Å². The lowest BCUT2D eigenvalue weighted by Crippen LogP contribution is -2.43. The van der Waals surface area contributed by atoms with E-state index in [0.29, 0.717) is 6.04 Å². The van der Waals surface area contributed by atoms with E-state index in [1.54, 1.807) is 0 Å². The molecular weight excluding hydrogens is 271 g/mol. The summed E-state index contributed by atoms with van der Waals surface area (Å²) in [6.07, 6.45) is 4.16. The molecule has 0 aliphatic rings. The summed E-state index contributed by atoms with van der Waals surface area (Å²) in [5, 5.41) is 0. The van der Waals surface area contributed by atoms with E-state index in [9.17, 15) is 4.39 Å². The van der Waals surface area contributed by atoms with E-state index in [1.165, 1.54) is 12.1 Å². The van der Waals surface area contributed by atoms with Gasteiger partial charge in [-0.3, -0.25) is 4.90 Å². The van der Waals surface area contributed by atoms with Crippen LogP contribution in [0.1, 0.15) is 38.3 Å². The summed E-state index contributed by atoms with van der Waals surface area (Å²) in [5.74, 6) is 0.943. The third kappa shape index (κ3) is 4.76. The van der Waals surface area contributed by atoms with Crippen molar-refractivity contribution in [1.82, 2.24) is 4.90 Å². The molecule has 0 amide bonds. The molecule has 1 rings (SSSR count). The zero-order chi connectivity index (χ0) is 15.1. The van der Waals surface area contributed by atoms with Crippen molar-refractivity contribution in [3.05, 3.63) is 35.6 Å². The lowest BCUT2D eigenvalue weighted by atomic mass is 9.95. The van der Waals surface area contributed by atoms with Crippen molar-refractivity contribution < 1.29 is 4.39 Å². The number of hydrogen-bond acceptors (Lipinski definition) is 3. The maximum absolute atomic E-state index is 13.1. The van der Waals surface area contributed by atoms with Crippen molar-refractivity contribution in [1.29, 1.82) is 0 Å². The highest BCUT2D eigenvalue weighted by atomic mass is 32.2. The maximum atomic E-state index is 13.1. The molecular formula is C16H27FN2S. The molecule has 0 fully saturated rings. The highest BCUT2D eigenvalue weighted by molar-refractivity contribution is 7.98. The minimum absolute atomic E-state index is 0.0576. The Bertz CT molecular complexity index is 383. The van der Waals surface area contributed by atoms with Gasteiger partial charge in [0.15, 0.2) is 0 Å². The van der Waals surface area contributed by atoms with Crippen molar-refractivity contribution in [2.24, 2.45) is 5.73 Å². The molecule has 0 aromatic heterocycles. The second-order valence-electron chi connectivity index (χ2n) is 5.36. The van der Waals surface area contributed by atoms with Gasteiger partial charge in [-0.15, -0.1) is 0 Å². The molecule has 0 heterocycles. The zero-order valence-corrected chi connectivity index (χ0v) is 13.8. The fourth-order valence-electron chi connectivity index (χ4n) is 2.43. The number of hydrogen-bond donors (Lipinski definition) is 1. The standard InChI is InChI=1S/C16H27FN2S/c1-5-15(18)16(13-6-8-14(17)9-7-13)19(3)12(2)10-11-20-4/h6-9,12,15-16H,5,10-11,18H2,1-4H3. The van der Waals surface area contributed by atoms with Gasteiger partial charge in [-0.25, -0.2) is 4.39 Å². The maximum Gasteiger partial charge on any atom is 0.123 e. The van der Waals surface area contributed by atoms with Crippen LogP contribution in [0.4, 0.5) is 4.39 Å². The first kappa shape index (κ1) is 17.5. The van der Waals surface area contributed by atoms with Crippen molar-refractivity contribution in [3.8, 4) is 0 Å². The number of rotatable bonds is 8. The van der Waals surface area contributed by atoms with Crippen LogP contribution in [0.5, 0.6) is 0 Å². The summed E-state index contributed by atoms with van der Waals surface area (Å²) in [6, 6.07) is 7.39. The van der Waals surface area contributed by atoms with Crippen molar-refractivity contribution in [3.63, 3.8) is 0 Å². The predicted molar refractivity (Wildman–Crippen MR) is 87.6 cm³/mol. The normalized spacial score (nSPS) is 16.1. The van der Waals surface area contributed by atoms with Gasteiger partial charge >= 0.3 is 0 Å². The van der Waals surface area contributed by atoms with E-state index in [4.69, 9.17) is 5.73 Å². The lowest BCUT2D eigenvalue weighted by Gasteiger charge is -2.37. The first-order chi connectivity index (χ1) is 9.51. The minimum Gasteiger partial charge on any atom is -0.326 e. The van der Waals surface area contributed by atoms with Crippen LogP contribution in [0.2, 0.25) is 0 Å². The van der Waals surface area contributed by atoms with E-state index in [1.807, 2.05) is 23.9 Å². The molecule has 1 aromatic rings. The average molecular weight is 298 g/mol. The van der Waals surface area contributed by atoms with Gasteiger partial charge in [0.2, 0.25) is 0 Å². The van der Waals surface area contributed by atoms with Crippen LogP contribution >= 0.6 is 11.8 Å². The van der Waals surface area contributed by atoms with Gasteiger partial charge in [-0.05, 0) is 56.5 Å². The van der Waals surface area contributed by atoms with Gasteiger partial charge in [-0.2, -0.15) is 11.8 Å². The third-order valence-corrected chi connectivity index (χ3v) is 4.61. The van der Waals surface area contributed by atoms with Crippen LogP contribution in [-0.4, -0.2) is 36.0 Å². The Balaban J connectivity index is 2.91. The fraction of sp³-hybridized carbons (Fsp3) is 0.625. The molecule has 1 aromatic carbocycles. The number of benzene rings is 1. The Hall–Kier alpha value is -0.580. The molecule has 0 bridgehead atoms. The molecule has 0 spiro atoms. The highest BCUT2D eigenvalue weighted by Gasteiger charge is 2.26. The second kappa shape index (κ2) is 8.65. The molecule has 0 aliphatic heterocycles. The lowest BCUT2D eigenvalue weighted by molar-refractivity contribution is 0.155. The van der Waals surface area contributed by atoms with Crippen LogP contribution < -0.4 is 5.73 Å². The van der Waals surface area contributed by atoms with Gasteiger partial charge in [-0.1, -0.05) is 19.1 Å². The highest BCUT2D eigenvalue weighted by Crippen LogP contribution is 2.27. The SMILES string of the molecule is CCC(N)C(c1ccc(F)cc1)N(C)C(C)CCSC. The minimum atomic E-state index is -0.198. The van der Waals surface area contributed by atoms with Gasteiger partial charge in [0.05, 0.1) is 0 Å². The zero-order valence-electron chi connectivity index (χ0n) is 13.0. The van der Waals surface area contributed by atoms with E-state index >= 15 is 0 Å². The second-order valence-corrected chi connectivity index (χ2v) is 6.35. The fourth-order valence-corrected chi connectivity index (χ4v) is 3.01. The molecule has 114 valence electrons. The summed E-state index contributed by atoms with van der Waals surface area (Å²) in [6.45, 7) is 4.33. The molecule has 2 N–H and O–H groups in total. The summed E-state index contributed by atoms with van der Waals surface area (Å²) >= 11 is 1.86. The van der Waals surface area contributed by atoms with Crippen LogP contribution in [-0.2, 0) is 0 Å². The number of thioether (sulfide) groups is 1.